The van der Waals surface area contributed by atoms with Gasteiger partial charge in [0.15, 0.2) is 0 Å². The third-order valence-electron chi connectivity index (χ3n) is 5.02. The Kier molecular flexibility index (Phi) is 3.68. The summed E-state index contributed by atoms with van der Waals surface area (Å²) in [4.78, 5) is 18.9. The third kappa shape index (κ3) is 2.43. The molecule has 0 bridgehead atoms. The molecule has 1 aromatic carbocycles. The lowest BCUT2D eigenvalue weighted by Crippen LogP contribution is -2.37. The maximum atomic E-state index is 14.2. The molecule has 1 atom stereocenters. The van der Waals surface area contributed by atoms with Crippen molar-refractivity contribution in [3.05, 3.63) is 72.1 Å². The molecule has 2 aliphatic rings. The number of hydrogen-bond acceptors (Lipinski definition) is 3. The minimum Gasteiger partial charge on any atom is -0.385 e. The van der Waals surface area contributed by atoms with Gasteiger partial charge in [0.1, 0.15) is 5.82 Å². The Morgan fingerprint density at radius 3 is 2.81 bits per heavy atom. The van der Waals surface area contributed by atoms with Gasteiger partial charge in [-0.3, -0.25) is 14.7 Å². The van der Waals surface area contributed by atoms with E-state index in [4.69, 9.17) is 0 Å². The lowest BCUT2D eigenvalue weighted by molar-refractivity contribution is -0.121. The predicted molar refractivity (Wildman–Crippen MR) is 100.0 cm³/mol. The minimum atomic E-state index is -0.635. The maximum absolute atomic E-state index is 14.2. The lowest BCUT2D eigenvalue weighted by Gasteiger charge is -2.25. The molecule has 4 rings (SSSR count). The molecule has 0 saturated heterocycles. The van der Waals surface area contributed by atoms with E-state index in [-0.39, 0.29) is 17.8 Å². The van der Waals surface area contributed by atoms with Crippen LogP contribution in [0.2, 0.25) is 0 Å². The number of fused-ring (bicyclic) bond motifs is 1. The fraction of sp³-hybridized carbons (Fsp3) is 0.238. The van der Waals surface area contributed by atoms with Crippen molar-refractivity contribution in [2.45, 2.75) is 32.2 Å². The lowest BCUT2D eigenvalue weighted by atomic mass is 9.85. The van der Waals surface area contributed by atoms with Gasteiger partial charge in [-0.1, -0.05) is 12.1 Å². The molecule has 1 aromatic heterocycles. The van der Waals surface area contributed by atoms with E-state index in [1.54, 1.807) is 4.90 Å². The summed E-state index contributed by atoms with van der Waals surface area (Å²) in [6.45, 7) is 5.87. The number of rotatable bonds is 2. The zero-order chi connectivity index (χ0) is 18.5. The summed E-state index contributed by atoms with van der Waals surface area (Å²) in [6, 6.07) is 7.13. The third-order valence-corrected chi connectivity index (χ3v) is 5.02. The van der Waals surface area contributed by atoms with E-state index in [1.165, 1.54) is 18.5 Å². The van der Waals surface area contributed by atoms with Crippen LogP contribution in [0.5, 0.6) is 0 Å². The molecule has 132 valence electrons. The zero-order valence-corrected chi connectivity index (χ0v) is 15.0. The van der Waals surface area contributed by atoms with Crippen molar-refractivity contribution in [1.29, 1.82) is 0 Å². The van der Waals surface area contributed by atoms with E-state index in [1.807, 2.05) is 57.3 Å². The fourth-order valence-corrected chi connectivity index (χ4v) is 3.56. The van der Waals surface area contributed by atoms with Crippen molar-refractivity contribution in [2.75, 3.05) is 4.90 Å². The molecule has 3 heterocycles. The minimum absolute atomic E-state index is 0.0151. The molecule has 2 aliphatic heterocycles. The molecule has 0 aliphatic carbocycles. The van der Waals surface area contributed by atoms with Crippen LogP contribution in [0.3, 0.4) is 0 Å². The molecule has 1 unspecified atom stereocenters. The summed E-state index contributed by atoms with van der Waals surface area (Å²) in [6.07, 6.45) is 8.69. The Balaban J connectivity index is 1.89. The Bertz CT molecular complexity index is 961. The number of halogens is 1. The van der Waals surface area contributed by atoms with Crippen LogP contribution in [0.25, 0.3) is 11.1 Å². The highest BCUT2D eigenvalue weighted by Gasteiger charge is 2.45. The van der Waals surface area contributed by atoms with Crippen molar-refractivity contribution in [3.63, 3.8) is 0 Å². The number of allylic oxidation sites excluding steroid dienone is 1. The number of nitrogens with zero attached hydrogens (tertiary/aromatic N) is 2. The first kappa shape index (κ1) is 16.5. The van der Waals surface area contributed by atoms with E-state index in [0.29, 0.717) is 11.1 Å². The number of carbonyl (C=O) groups is 1. The summed E-state index contributed by atoms with van der Waals surface area (Å²) < 4.78 is 14.2. The maximum Gasteiger partial charge on any atom is 0.241 e. The second-order valence-electron chi connectivity index (χ2n) is 7.23. The van der Waals surface area contributed by atoms with Crippen LogP contribution in [-0.2, 0) is 10.2 Å². The van der Waals surface area contributed by atoms with Crippen LogP contribution in [0.15, 0.2) is 60.7 Å². The van der Waals surface area contributed by atoms with Crippen LogP contribution < -0.4 is 10.2 Å². The molecule has 0 spiro atoms. The molecule has 0 saturated carbocycles. The van der Waals surface area contributed by atoms with E-state index >= 15 is 0 Å². The first-order valence-corrected chi connectivity index (χ1v) is 8.63. The van der Waals surface area contributed by atoms with E-state index < -0.39 is 5.41 Å². The molecule has 5 heteroatoms. The zero-order valence-electron chi connectivity index (χ0n) is 15.0. The molecule has 2 aromatic rings. The van der Waals surface area contributed by atoms with E-state index in [9.17, 15) is 9.18 Å². The second kappa shape index (κ2) is 5.80. The van der Waals surface area contributed by atoms with Crippen molar-refractivity contribution in [3.8, 4) is 11.1 Å². The van der Waals surface area contributed by atoms with Crippen LogP contribution in [-0.4, -0.2) is 16.9 Å². The molecular weight excluding hydrogens is 329 g/mol. The molecule has 1 N–H and O–H groups in total. The monoisotopic (exact) mass is 349 g/mol. The molecule has 0 fully saturated rings. The average Bonchev–Trinajstić information content (AvgIpc) is 2.81. The van der Waals surface area contributed by atoms with Gasteiger partial charge >= 0.3 is 0 Å². The SMILES string of the molecule is CC1C=C(N2C(=O)C(C)(C)c3ccc(-c4cnccc4F)cc32)C=CN1. The number of amides is 1. The van der Waals surface area contributed by atoms with Crippen LogP contribution in [0.1, 0.15) is 26.3 Å². The standard InChI is InChI=1S/C21H20FN3O/c1-13-10-15(6-9-24-13)25-19-11-14(16-12-23-8-7-18(16)22)4-5-17(19)21(2,3)20(25)26/h4-13,24H,1-3H3. The number of benzene rings is 1. The highest BCUT2D eigenvalue weighted by atomic mass is 19.1. The van der Waals surface area contributed by atoms with Gasteiger partial charge in [-0.2, -0.15) is 0 Å². The van der Waals surface area contributed by atoms with Gasteiger partial charge in [-0.25, -0.2) is 4.39 Å². The van der Waals surface area contributed by atoms with Crippen LogP contribution >= 0.6 is 0 Å². The van der Waals surface area contributed by atoms with E-state index in [0.717, 1.165) is 16.9 Å². The van der Waals surface area contributed by atoms with Crippen molar-refractivity contribution in [1.82, 2.24) is 10.3 Å². The topological polar surface area (TPSA) is 45.2 Å². The Morgan fingerprint density at radius 1 is 1.27 bits per heavy atom. The highest BCUT2D eigenvalue weighted by Crippen LogP contribution is 2.45. The van der Waals surface area contributed by atoms with E-state index in [2.05, 4.69) is 10.3 Å². The molecule has 1 amide bonds. The normalized spacial score (nSPS) is 20.6. The number of hydrogen-bond donors (Lipinski definition) is 1. The fourth-order valence-electron chi connectivity index (χ4n) is 3.56. The number of carbonyl (C=O) groups excluding carboxylic acids is 1. The Morgan fingerprint density at radius 2 is 2.08 bits per heavy atom. The Labute approximate surface area is 152 Å². The smallest absolute Gasteiger partial charge is 0.241 e. The van der Waals surface area contributed by atoms with Crippen molar-refractivity contribution in [2.24, 2.45) is 0 Å². The number of nitrogens with one attached hydrogen (secondary N) is 1. The number of pyridine rings is 1. The highest BCUT2D eigenvalue weighted by molar-refractivity contribution is 6.10. The summed E-state index contributed by atoms with van der Waals surface area (Å²) in [5.41, 5.74) is 3.06. The molecule has 26 heavy (non-hydrogen) atoms. The average molecular weight is 349 g/mol. The van der Waals surface area contributed by atoms with Gasteiger partial charge in [0.2, 0.25) is 5.91 Å². The van der Waals surface area contributed by atoms with Gasteiger partial charge in [-0.05, 0) is 62.4 Å². The quantitative estimate of drug-likeness (QED) is 0.894. The van der Waals surface area contributed by atoms with Gasteiger partial charge in [0.25, 0.3) is 0 Å². The van der Waals surface area contributed by atoms with Crippen molar-refractivity contribution < 1.29 is 9.18 Å². The van der Waals surface area contributed by atoms with Gasteiger partial charge in [0, 0.05) is 29.7 Å². The molecule has 0 radical (unpaired) electrons. The number of aromatic nitrogens is 1. The van der Waals surface area contributed by atoms with Gasteiger partial charge < -0.3 is 5.32 Å². The van der Waals surface area contributed by atoms with Crippen LogP contribution in [0.4, 0.5) is 10.1 Å². The molecule has 4 nitrogen and oxygen atoms in total. The number of dihydropyridines is 1. The first-order chi connectivity index (χ1) is 12.4. The second-order valence-corrected chi connectivity index (χ2v) is 7.23. The predicted octanol–water partition coefficient (Wildman–Crippen LogP) is 3.90. The largest absolute Gasteiger partial charge is 0.385 e. The first-order valence-electron chi connectivity index (χ1n) is 8.63. The van der Waals surface area contributed by atoms with Crippen molar-refractivity contribution >= 4 is 11.6 Å². The number of anilines is 1. The summed E-state index contributed by atoms with van der Waals surface area (Å²) in [5.74, 6) is -0.314. The Hall–Kier alpha value is -2.95. The van der Waals surface area contributed by atoms with Crippen LogP contribution in [0, 0.1) is 5.82 Å². The summed E-state index contributed by atoms with van der Waals surface area (Å²) >= 11 is 0. The summed E-state index contributed by atoms with van der Waals surface area (Å²) in [7, 11) is 0. The van der Waals surface area contributed by atoms with Gasteiger partial charge in [-0.15, -0.1) is 0 Å². The van der Waals surface area contributed by atoms with Gasteiger partial charge in [0.05, 0.1) is 11.1 Å². The summed E-state index contributed by atoms with van der Waals surface area (Å²) in [5, 5.41) is 3.19. The molecular formula is C21H20FN3O.